The number of benzene rings is 1. The molecular weight excluding hydrogens is 219 g/mol. The van der Waals surface area contributed by atoms with E-state index in [4.69, 9.17) is 5.73 Å². The summed E-state index contributed by atoms with van der Waals surface area (Å²) in [5.74, 6) is -0.408. The Morgan fingerprint density at radius 2 is 2.00 bits per heavy atom. The Bertz CT molecular complexity index is 345. The summed E-state index contributed by atoms with van der Waals surface area (Å²) in [5.41, 5.74) is 6.10. The molecule has 0 radical (unpaired) electrons. The van der Waals surface area contributed by atoms with Crippen LogP contribution in [0, 0.1) is 11.7 Å². The SMILES string of the molecule is CCCC(CCN)C(=O)Nc1ccc(F)cc1. The predicted octanol–water partition coefficient (Wildman–Crippen LogP) is 2.53. The summed E-state index contributed by atoms with van der Waals surface area (Å²) in [7, 11) is 0. The number of anilines is 1. The number of nitrogens with one attached hydrogen (secondary N) is 1. The Labute approximate surface area is 101 Å². The number of rotatable bonds is 6. The van der Waals surface area contributed by atoms with Crippen molar-refractivity contribution in [1.29, 1.82) is 0 Å². The summed E-state index contributed by atoms with van der Waals surface area (Å²) < 4.78 is 12.7. The van der Waals surface area contributed by atoms with Crippen molar-refractivity contribution in [2.75, 3.05) is 11.9 Å². The molecule has 17 heavy (non-hydrogen) atoms. The van der Waals surface area contributed by atoms with Gasteiger partial charge < -0.3 is 11.1 Å². The molecule has 0 fully saturated rings. The molecule has 1 atom stereocenters. The zero-order valence-corrected chi connectivity index (χ0v) is 10.1. The van der Waals surface area contributed by atoms with Crippen LogP contribution in [0.15, 0.2) is 24.3 Å². The Kier molecular flexibility index (Phi) is 5.63. The van der Waals surface area contributed by atoms with E-state index < -0.39 is 0 Å². The van der Waals surface area contributed by atoms with Crippen molar-refractivity contribution in [1.82, 2.24) is 0 Å². The highest BCUT2D eigenvalue weighted by Crippen LogP contribution is 2.15. The smallest absolute Gasteiger partial charge is 0.227 e. The van der Waals surface area contributed by atoms with E-state index in [1.165, 1.54) is 12.1 Å². The summed E-state index contributed by atoms with van der Waals surface area (Å²) in [6.07, 6.45) is 2.45. The van der Waals surface area contributed by atoms with E-state index in [-0.39, 0.29) is 17.6 Å². The van der Waals surface area contributed by atoms with E-state index in [1.54, 1.807) is 12.1 Å². The Hall–Kier alpha value is -1.42. The van der Waals surface area contributed by atoms with E-state index in [1.807, 2.05) is 6.92 Å². The Balaban J connectivity index is 2.59. The number of hydrogen-bond donors (Lipinski definition) is 2. The summed E-state index contributed by atoms with van der Waals surface area (Å²) in [6.45, 7) is 2.54. The van der Waals surface area contributed by atoms with Crippen LogP contribution in [0.2, 0.25) is 0 Å². The fraction of sp³-hybridized carbons (Fsp3) is 0.462. The third-order valence-electron chi connectivity index (χ3n) is 2.63. The third-order valence-corrected chi connectivity index (χ3v) is 2.63. The lowest BCUT2D eigenvalue weighted by Gasteiger charge is -2.15. The van der Waals surface area contributed by atoms with Gasteiger partial charge in [-0.2, -0.15) is 0 Å². The molecule has 1 aromatic carbocycles. The molecule has 0 saturated carbocycles. The number of halogens is 1. The first-order valence-electron chi connectivity index (χ1n) is 5.94. The van der Waals surface area contributed by atoms with E-state index in [2.05, 4.69) is 5.32 Å². The monoisotopic (exact) mass is 238 g/mol. The fourth-order valence-corrected chi connectivity index (χ4v) is 1.73. The second-order valence-electron chi connectivity index (χ2n) is 4.06. The second-order valence-corrected chi connectivity index (χ2v) is 4.06. The third kappa shape index (κ3) is 4.53. The molecule has 1 unspecified atom stereocenters. The van der Waals surface area contributed by atoms with Crippen molar-refractivity contribution in [2.45, 2.75) is 26.2 Å². The van der Waals surface area contributed by atoms with Crippen molar-refractivity contribution in [2.24, 2.45) is 11.7 Å². The highest BCUT2D eigenvalue weighted by molar-refractivity contribution is 5.92. The first kappa shape index (κ1) is 13.6. The molecule has 1 rings (SSSR count). The van der Waals surface area contributed by atoms with Crippen LogP contribution >= 0.6 is 0 Å². The Morgan fingerprint density at radius 3 is 2.53 bits per heavy atom. The van der Waals surface area contributed by atoms with Crippen molar-refractivity contribution in [3.8, 4) is 0 Å². The van der Waals surface area contributed by atoms with Crippen LogP contribution in [0.5, 0.6) is 0 Å². The molecular formula is C13H19FN2O. The van der Waals surface area contributed by atoms with Crippen LogP contribution in [-0.2, 0) is 4.79 Å². The van der Waals surface area contributed by atoms with Crippen LogP contribution in [-0.4, -0.2) is 12.5 Å². The van der Waals surface area contributed by atoms with Gasteiger partial charge in [-0.25, -0.2) is 4.39 Å². The van der Waals surface area contributed by atoms with Crippen molar-refractivity contribution < 1.29 is 9.18 Å². The molecule has 4 heteroatoms. The van der Waals surface area contributed by atoms with Crippen molar-refractivity contribution in [3.05, 3.63) is 30.1 Å². The van der Waals surface area contributed by atoms with Gasteiger partial charge in [-0.3, -0.25) is 4.79 Å². The molecule has 0 spiro atoms. The van der Waals surface area contributed by atoms with Crippen LogP contribution in [0.3, 0.4) is 0 Å². The van der Waals surface area contributed by atoms with Crippen molar-refractivity contribution in [3.63, 3.8) is 0 Å². The summed E-state index contributed by atoms with van der Waals surface area (Å²) in [6, 6.07) is 5.76. The van der Waals surface area contributed by atoms with E-state index in [0.717, 1.165) is 12.8 Å². The molecule has 1 amide bonds. The second kappa shape index (κ2) is 7.01. The van der Waals surface area contributed by atoms with Gasteiger partial charge in [0.05, 0.1) is 0 Å². The molecule has 0 aliphatic heterocycles. The van der Waals surface area contributed by atoms with E-state index in [0.29, 0.717) is 18.7 Å². The first-order valence-corrected chi connectivity index (χ1v) is 5.94. The number of amides is 1. The minimum atomic E-state index is -0.310. The van der Waals surface area contributed by atoms with Gasteiger partial charge in [0, 0.05) is 11.6 Å². The topological polar surface area (TPSA) is 55.1 Å². The summed E-state index contributed by atoms with van der Waals surface area (Å²) in [4.78, 5) is 11.9. The quantitative estimate of drug-likeness (QED) is 0.800. The van der Waals surface area contributed by atoms with Gasteiger partial charge in [-0.15, -0.1) is 0 Å². The lowest BCUT2D eigenvalue weighted by Crippen LogP contribution is -2.25. The highest BCUT2D eigenvalue weighted by atomic mass is 19.1. The molecule has 1 aromatic rings. The van der Waals surface area contributed by atoms with Crippen LogP contribution < -0.4 is 11.1 Å². The maximum absolute atomic E-state index is 12.7. The number of carbonyl (C=O) groups excluding carboxylic acids is 1. The molecule has 3 nitrogen and oxygen atoms in total. The predicted molar refractivity (Wildman–Crippen MR) is 67.1 cm³/mol. The van der Waals surface area contributed by atoms with Gasteiger partial charge in [-0.05, 0) is 43.7 Å². The van der Waals surface area contributed by atoms with E-state index >= 15 is 0 Å². The number of carbonyl (C=O) groups is 1. The first-order chi connectivity index (χ1) is 8.17. The minimum absolute atomic E-state index is 0.0380. The van der Waals surface area contributed by atoms with Gasteiger partial charge in [0.15, 0.2) is 0 Å². The highest BCUT2D eigenvalue weighted by Gasteiger charge is 2.16. The van der Waals surface area contributed by atoms with Gasteiger partial charge in [0.2, 0.25) is 5.91 Å². The molecule has 0 aliphatic carbocycles. The molecule has 0 aliphatic rings. The Morgan fingerprint density at radius 1 is 1.35 bits per heavy atom. The molecule has 0 saturated heterocycles. The zero-order valence-electron chi connectivity index (χ0n) is 10.1. The normalized spacial score (nSPS) is 12.2. The molecule has 0 aromatic heterocycles. The maximum Gasteiger partial charge on any atom is 0.227 e. The van der Waals surface area contributed by atoms with Crippen LogP contribution in [0.4, 0.5) is 10.1 Å². The van der Waals surface area contributed by atoms with Crippen molar-refractivity contribution >= 4 is 11.6 Å². The standard InChI is InChI=1S/C13H19FN2O/c1-2-3-10(8-9-15)13(17)16-12-6-4-11(14)5-7-12/h4-7,10H,2-3,8-9,15H2,1H3,(H,16,17). The average Bonchev–Trinajstić information content (AvgIpc) is 2.32. The molecule has 0 heterocycles. The average molecular weight is 238 g/mol. The zero-order chi connectivity index (χ0) is 12.7. The maximum atomic E-state index is 12.7. The number of nitrogens with two attached hydrogens (primary N) is 1. The fourth-order valence-electron chi connectivity index (χ4n) is 1.73. The van der Waals surface area contributed by atoms with Crippen LogP contribution in [0.1, 0.15) is 26.2 Å². The lowest BCUT2D eigenvalue weighted by atomic mass is 9.99. The molecule has 0 bridgehead atoms. The van der Waals surface area contributed by atoms with E-state index in [9.17, 15) is 9.18 Å². The van der Waals surface area contributed by atoms with Gasteiger partial charge in [0.25, 0.3) is 0 Å². The minimum Gasteiger partial charge on any atom is -0.330 e. The lowest BCUT2D eigenvalue weighted by molar-refractivity contribution is -0.120. The van der Waals surface area contributed by atoms with Crippen LogP contribution in [0.25, 0.3) is 0 Å². The van der Waals surface area contributed by atoms with Gasteiger partial charge in [0.1, 0.15) is 5.82 Å². The molecule has 3 N–H and O–H groups in total. The summed E-state index contributed by atoms with van der Waals surface area (Å²) in [5, 5.41) is 2.78. The largest absolute Gasteiger partial charge is 0.330 e. The summed E-state index contributed by atoms with van der Waals surface area (Å²) >= 11 is 0. The number of hydrogen-bond acceptors (Lipinski definition) is 2. The molecule has 94 valence electrons. The van der Waals surface area contributed by atoms with Gasteiger partial charge >= 0.3 is 0 Å². The van der Waals surface area contributed by atoms with Gasteiger partial charge in [-0.1, -0.05) is 13.3 Å².